The third kappa shape index (κ3) is 3.26. The summed E-state index contributed by atoms with van der Waals surface area (Å²) in [6.07, 6.45) is 2.85. The Morgan fingerprint density at radius 2 is 2.05 bits per heavy atom. The molecule has 1 amide bonds. The normalized spacial score (nSPS) is 10.1. The average molecular weight is 304 g/mol. The van der Waals surface area contributed by atoms with Crippen molar-refractivity contribution in [2.24, 2.45) is 7.05 Å². The predicted molar refractivity (Wildman–Crippen MR) is 75.6 cm³/mol. The Morgan fingerprint density at radius 3 is 2.59 bits per heavy atom. The zero-order valence-electron chi connectivity index (χ0n) is 11.8. The van der Waals surface area contributed by atoms with Crippen molar-refractivity contribution in [2.75, 3.05) is 12.4 Å². The Balaban J connectivity index is 2.33. The van der Waals surface area contributed by atoms with Gasteiger partial charge in [0.05, 0.1) is 29.4 Å². The van der Waals surface area contributed by atoms with Crippen LogP contribution in [0.15, 0.2) is 30.6 Å². The Hall–Kier alpha value is -3.23. The highest BCUT2D eigenvalue weighted by Gasteiger charge is 2.17. The molecule has 1 N–H and O–H groups in total. The number of non-ortho nitro benzene ring substituents is 1. The van der Waals surface area contributed by atoms with Crippen molar-refractivity contribution in [1.29, 1.82) is 0 Å². The molecule has 0 aliphatic rings. The number of ether oxygens (including phenoxy) is 1. The van der Waals surface area contributed by atoms with E-state index in [-0.39, 0.29) is 22.5 Å². The summed E-state index contributed by atoms with van der Waals surface area (Å²) in [6.45, 7) is 0. The molecular formula is C13H12N4O5. The van der Waals surface area contributed by atoms with Crippen LogP contribution in [0.2, 0.25) is 0 Å². The summed E-state index contributed by atoms with van der Waals surface area (Å²) in [7, 11) is 2.81. The zero-order valence-corrected chi connectivity index (χ0v) is 11.8. The lowest BCUT2D eigenvalue weighted by Gasteiger charge is -2.06. The van der Waals surface area contributed by atoms with Crippen LogP contribution in [0.1, 0.15) is 20.7 Å². The Labute approximate surface area is 124 Å². The van der Waals surface area contributed by atoms with Gasteiger partial charge in [-0.3, -0.25) is 19.6 Å². The topological polar surface area (TPSA) is 116 Å². The minimum atomic E-state index is -0.736. The van der Waals surface area contributed by atoms with Gasteiger partial charge in [0.25, 0.3) is 11.6 Å². The molecule has 2 aromatic rings. The second-order valence-corrected chi connectivity index (χ2v) is 4.37. The fourth-order valence-electron chi connectivity index (χ4n) is 1.77. The molecule has 0 unspecified atom stereocenters. The molecule has 0 aliphatic carbocycles. The summed E-state index contributed by atoms with van der Waals surface area (Å²) >= 11 is 0. The molecule has 1 heterocycles. The molecule has 2 rings (SSSR count). The summed E-state index contributed by atoms with van der Waals surface area (Å²) in [6, 6.07) is 3.53. The first kappa shape index (κ1) is 15.2. The molecular weight excluding hydrogens is 292 g/mol. The van der Waals surface area contributed by atoms with Gasteiger partial charge in [0.15, 0.2) is 0 Å². The van der Waals surface area contributed by atoms with E-state index in [4.69, 9.17) is 0 Å². The van der Waals surface area contributed by atoms with Crippen molar-refractivity contribution < 1.29 is 19.2 Å². The minimum absolute atomic E-state index is 0.0295. The fraction of sp³-hybridized carbons (Fsp3) is 0.154. The molecule has 114 valence electrons. The molecule has 0 saturated heterocycles. The number of nitrogens with zero attached hydrogens (tertiary/aromatic N) is 3. The highest BCUT2D eigenvalue weighted by molar-refractivity contribution is 6.04. The van der Waals surface area contributed by atoms with Crippen molar-refractivity contribution in [3.8, 4) is 0 Å². The lowest BCUT2D eigenvalue weighted by atomic mass is 10.1. The highest BCUT2D eigenvalue weighted by atomic mass is 16.6. The van der Waals surface area contributed by atoms with E-state index in [9.17, 15) is 19.7 Å². The number of nitrogens with one attached hydrogen (secondary N) is 1. The lowest BCUT2D eigenvalue weighted by Crippen LogP contribution is -2.12. The summed E-state index contributed by atoms with van der Waals surface area (Å²) in [5.41, 5.74) is 0.0413. The second-order valence-electron chi connectivity index (χ2n) is 4.37. The largest absolute Gasteiger partial charge is 0.465 e. The van der Waals surface area contributed by atoms with E-state index in [0.717, 1.165) is 19.2 Å². The number of aryl methyl sites for hydroxylation is 1. The average Bonchev–Trinajstić information content (AvgIpc) is 2.92. The molecule has 9 heteroatoms. The van der Waals surface area contributed by atoms with Crippen molar-refractivity contribution in [3.05, 3.63) is 51.8 Å². The predicted octanol–water partition coefficient (Wildman–Crippen LogP) is 1.37. The van der Waals surface area contributed by atoms with Crippen LogP contribution < -0.4 is 5.32 Å². The van der Waals surface area contributed by atoms with E-state index >= 15 is 0 Å². The summed E-state index contributed by atoms with van der Waals surface area (Å²) < 4.78 is 5.98. The maximum atomic E-state index is 12.0. The first-order valence-corrected chi connectivity index (χ1v) is 6.08. The maximum absolute atomic E-state index is 12.0. The van der Waals surface area contributed by atoms with Crippen molar-refractivity contribution in [3.63, 3.8) is 0 Å². The molecule has 0 atom stereocenters. The SMILES string of the molecule is COC(=O)c1cc(NC(=O)c2cnn(C)c2)cc([N+](=O)[O-])c1. The van der Waals surface area contributed by atoms with E-state index in [1.165, 1.54) is 23.1 Å². The Morgan fingerprint density at radius 1 is 1.32 bits per heavy atom. The first-order valence-electron chi connectivity index (χ1n) is 6.08. The lowest BCUT2D eigenvalue weighted by molar-refractivity contribution is -0.384. The number of anilines is 1. The van der Waals surface area contributed by atoms with Crippen LogP contribution in [-0.2, 0) is 11.8 Å². The number of hydrogen-bond acceptors (Lipinski definition) is 6. The monoisotopic (exact) mass is 304 g/mol. The summed E-state index contributed by atoms with van der Waals surface area (Å²) in [5.74, 6) is -1.23. The number of amides is 1. The molecule has 0 radical (unpaired) electrons. The number of carbonyl (C=O) groups is 2. The van der Waals surface area contributed by atoms with Gasteiger partial charge in [0.1, 0.15) is 0 Å². The van der Waals surface area contributed by atoms with Gasteiger partial charge in [-0.05, 0) is 6.07 Å². The zero-order chi connectivity index (χ0) is 16.3. The molecule has 22 heavy (non-hydrogen) atoms. The van der Waals surface area contributed by atoms with Crippen molar-refractivity contribution >= 4 is 23.3 Å². The van der Waals surface area contributed by atoms with Gasteiger partial charge in [-0.15, -0.1) is 0 Å². The number of rotatable bonds is 4. The van der Waals surface area contributed by atoms with E-state index < -0.39 is 16.8 Å². The standard InChI is InChI=1S/C13H12N4O5/c1-16-7-9(6-14-16)12(18)15-10-3-8(13(19)22-2)4-11(5-10)17(20)21/h3-7H,1-2H3,(H,15,18). The van der Waals surface area contributed by atoms with E-state index in [0.29, 0.717) is 0 Å². The van der Waals surface area contributed by atoms with Crippen molar-refractivity contribution in [2.45, 2.75) is 0 Å². The van der Waals surface area contributed by atoms with Gasteiger partial charge in [-0.1, -0.05) is 0 Å². The number of nitro benzene ring substituents is 1. The number of methoxy groups -OCH3 is 1. The molecule has 1 aromatic carbocycles. The molecule has 0 fully saturated rings. The maximum Gasteiger partial charge on any atom is 0.338 e. The number of aromatic nitrogens is 2. The van der Waals surface area contributed by atoms with Gasteiger partial charge >= 0.3 is 5.97 Å². The number of hydrogen-bond donors (Lipinski definition) is 1. The van der Waals surface area contributed by atoms with Gasteiger partial charge in [0, 0.05) is 31.1 Å². The molecule has 9 nitrogen and oxygen atoms in total. The summed E-state index contributed by atoms with van der Waals surface area (Å²) in [4.78, 5) is 33.8. The van der Waals surface area contributed by atoms with Crippen LogP contribution >= 0.6 is 0 Å². The third-order valence-electron chi connectivity index (χ3n) is 2.77. The number of nitro groups is 1. The quantitative estimate of drug-likeness (QED) is 0.518. The second kappa shape index (κ2) is 6.04. The van der Waals surface area contributed by atoms with Crippen molar-refractivity contribution in [1.82, 2.24) is 9.78 Å². The van der Waals surface area contributed by atoms with E-state index in [1.54, 1.807) is 7.05 Å². The smallest absolute Gasteiger partial charge is 0.338 e. The molecule has 0 aliphatic heterocycles. The highest BCUT2D eigenvalue weighted by Crippen LogP contribution is 2.22. The molecule has 0 spiro atoms. The van der Waals surface area contributed by atoms with Gasteiger partial charge in [0.2, 0.25) is 0 Å². The Bertz CT molecular complexity index is 753. The van der Waals surface area contributed by atoms with Crippen LogP contribution in [-0.4, -0.2) is 33.7 Å². The fourth-order valence-corrected chi connectivity index (χ4v) is 1.77. The van der Waals surface area contributed by atoms with Gasteiger partial charge in [-0.25, -0.2) is 4.79 Å². The van der Waals surface area contributed by atoms with Gasteiger partial charge < -0.3 is 10.1 Å². The molecule has 0 bridgehead atoms. The van der Waals surface area contributed by atoms with E-state index in [2.05, 4.69) is 15.2 Å². The first-order chi connectivity index (χ1) is 10.4. The van der Waals surface area contributed by atoms with Crippen LogP contribution in [0, 0.1) is 10.1 Å². The van der Waals surface area contributed by atoms with Crippen LogP contribution in [0.5, 0.6) is 0 Å². The molecule has 1 aromatic heterocycles. The van der Waals surface area contributed by atoms with E-state index in [1.807, 2.05) is 0 Å². The summed E-state index contributed by atoms with van der Waals surface area (Å²) in [5, 5.41) is 17.2. The Kier molecular flexibility index (Phi) is 4.16. The van der Waals surface area contributed by atoms with Crippen LogP contribution in [0.4, 0.5) is 11.4 Å². The minimum Gasteiger partial charge on any atom is -0.465 e. The third-order valence-corrected chi connectivity index (χ3v) is 2.77. The number of carbonyl (C=O) groups excluding carboxylic acids is 2. The van der Waals surface area contributed by atoms with Gasteiger partial charge in [-0.2, -0.15) is 5.10 Å². The van der Waals surface area contributed by atoms with Crippen LogP contribution in [0.3, 0.4) is 0 Å². The molecule has 0 saturated carbocycles. The number of esters is 1. The number of benzene rings is 1. The van der Waals surface area contributed by atoms with Crippen LogP contribution in [0.25, 0.3) is 0 Å².